The molecular weight excluding hydrogens is 1340 g/mol. The Morgan fingerprint density at radius 1 is 0.374 bits per heavy atom. The molecule has 0 bridgehead atoms. The average Bonchev–Trinajstić information content (AvgIpc) is 1.64. The zero-order valence-corrected chi connectivity index (χ0v) is 57.2. The number of carbonyl (C=O) groups is 6. The summed E-state index contributed by atoms with van der Waals surface area (Å²) in [7, 11) is 0. The lowest BCUT2D eigenvalue weighted by molar-refractivity contribution is -0.124. The number of ketones is 3. The highest BCUT2D eigenvalue weighted by molar-refractivity contribution is 7.22. The van der Waals surface area contributed by atoms with Crippen molar-refractivity contribution in [3.8, 4) is 67.9 Å². The molecule has 9 aromatic carbocycles. The van der Waals surface area contributed by atoms with Gasteiger partial charge in [0.1, 0.15) is 77.9 Å². The second-order valence-electron chi connectivity index (χ2n) is 22.5. The first-order valence-electron chi connectivity index (χ1n) is 30.2. The van der Waals surface area contributed by atoms with Crippen molar-refractivity contribution in [3.63, 3.8) is 0 Å². The van der Waals surface area contributed by atoms with Gasteiger partial charge in [-0.25, -0.2) is 4.39 Å². The van der Waals surface area contributed by atoms with Crippen molar-refractivity contribution in [2.45, 2.75) is 48.5 Å². The Morgan fingerprint density at radius 2 is 0.646 bits per heavy atom. The molecule has 12 rings (SSSR count). The predicted molar refractivity (Wildman–Crippen MR) is 385 cm³/mol. The number of aromatic hydroxyl groups is 3. The van der Waals surface area contributed by atoms with Gasteiger partial charge < -0.3 is 43.7 Å². The van der Waals surface area contributed by atoms with Gasteiger partial charge in [0.15, 0.2) is 0 Å². The standard InChI is InChI=1S/C27H22O5S.C26H19ClO5S.C26H19FO5S/c1-16-12-17(2)24(18(3)13-16)26(30)27-25(22-9-6-20(29)14-23(22)33-27)19-4-7-21(8-5-19)32-11-10-31-15-28;2*1-15-11-18(27)12-16(2)23(15)25(30)26-24(21-8-5-19(29)13-22(21)33-26)17-3-6-20(7-4-17)32-10-9-31-14-28/h4-15,29H,1-3H3;2*3-14,29H,1-2H3/b11-10+;2*10-9+. The van der Waals surface area contributed by atoms with E-state index in [0.717, 1.165) is 110 Å². The van der Waals surface area contributed by atoms with Crippen LogP contribution in [0.25, 0.3) is 63.6 Å². The highest BCUT2D eigenvalue weighted by Crippen LogP contribution is 2.46. The first-order valence-corrected chi connectivity index (χ1v) is 33.0. The van der Waals surface area contributed by atoms with Crippen LogP contribution in [0.2, 0.25) is 5.02 Å². The van der Waals surface area contributed by atoms with Crippen molar-refractivity contribution >= 4 is 113 Å². The summed E-state index contributed by atoms with van der Waals surface area (Å²) in [5.41, 5.74) is 12.4. The molecule has 3 N–H and O–H groups in total. The summed E-state index contributed by atoms with van der Waals surface area (Å²) in [4.78, 5) is 73.5. The number of carbonyl (C=O) groups excluding carboxylic acids is 6. The van der Waals surface area contributed by atoms with Crippen LogP contribution in [0.5, 0.6) is 34.5 Å². The van der Waals surface area contributed by atoms with Crippen molar-refractivity contribution in [1.82, 2.24) is 0 Å². The summed E-state index contributed by atoms with van der Waals surface area (Å²) in [6, 6.07) is 47.2. The second kappa shape index (κ2) is 31.6. The Kier molecular flexibility index (Phi) is 22.4. The fourth-order valence-electron chi connectivity index (χ4n) is 11.6. The maximum atomic E-state index is 13.8. The number of thiophene rings is 3. The van der Waals surface area contributed by atoms with Crippen LogP contribution in [-0.2, 0) is 28.6 Å². The largest absolute Gasteiger partial charge is 0.508 e. The summed E-state index contributed by atoms with van der Waals surface area (Å²) in [6.07, 6.45) is 7.15. The molecule has 0 saturated carbocycles. The van der Waals surface area contributed by atoms with Crippen LogP contribution >= 0.6 is 45.6 Å². The van der Waals surface area contributed by atoms with Crippen molar-refractivity contribution in [2.24, 2.45) is 0 Å². The molecule has 3 aromatic heterocycles. The van der Waals surface area contributed by atoms with Gasteiger partial charge in [-0.3, -0.25) is 28.8 Å². The molecule has 3 heterocycles. The van der Waals surface area contributed by atoms with Crippen LogP contribution in [0.1, 0.15) is 84.6 Å². The minimum absolute atomic E-state index is 0.0324. The van der Waals surface area contributed by atoms with E-state index in [2.05, 4.69) is 14.2 Å². The van der Waals surface area contributed by atoms with Crippen LogP contribution in [0.15, 0.2) is 201 Å². The molecule has 20 heteroatoms. The molecule has 0 aliphatic rings. The molecule has 99 heavy (non-hydrogen) atoms. The Labute approximate surface area is 584 Å². The first kappa shape index (κ1) is 70.3. The zero-order chi connectivity index (χ0) is 70.6. The van der Waals surface area contributed by atoms with Crippen LogP contribution in [0, 0.1) is 54.3 Å². The number of rotatable bonds is 21. The van der Waals surface area contributed by atoms with Crippen LogP contribution < -0.4 is 14.2 Å². The smallest absolute Gasteiger partial charge is 0.298 e. The first-order chi connectivity index (χ1) is 47.7. The number of hydrogen-bond acceptors (Lipinski definition) is 18. The van der Waals surface area contributed by atoms with Gasteiger partial charge in [-0.15, -0.1) is 34.0 Å². The number of aryl methyl sites for hydroxylation is 7. The molecule has 0 saturated heterocycles. The molecule has 12 aromatic rings. The van der Waals surface area contributed by atoms with E-state index in [4.69, 9.17) is 25.8 Å². The van der Waals surface area contributed by atoms with Crippen LogP contribution in [-0.4, -0.2) is 52.1 Å². The van der Waals surface area contributed by atoms with Crippen molar-refractivity contribution in [2.75, 3.05) is 0 Å². The topological polar surface area (TPSA) is 218 Å². The fraction of sp³-hybridized carbons (Fsp3) is 0.0886. The van der Waals surface area contributed by atoms with Crippen molar-refractivity contribution in [1.29, 1.82) is 0 Å². The third kappa shape index (κ3) is 16.2. The number of hydrogen-bond donors (Lipinski definition) is 3. The van der Waals surface area contributed by atoms with Gasteiger partial charge in [0.05, 0.1) is 14.6 Å². The molecule has 0 fully saturated rings. The summed E-state index contributed by atoms with van der Waals surface area (Å²) in [5, 5.41) is 33.1. The minimum Gasteiger partial charge on any atom is -0.508 e. The summed E-state index contributed by atoms with van der Waals surface area (Å²) >= 11 is 10.2. The van der Waals surface area contributed by atoms with Gasteiger partial charge in [0, 0.05) is 68.7 Å². The fourth-order valence-corrected chi connectivity index (χ4v) is 15.6. The van der Waals surface area contributed by atoms with E-state index in [1.165, 1.54) is 64.9 Å². The lowest BCUT2D eigenvalue weighted by Crippen LogP contribution is -2.06. The summed E-state index contributed by atoms with van der Waals surface area (Å²) in [5.74, 6) is 1.31. The van der Waals surface area contributed by atoms with Gasteiger partial charge in [-0.1, -0.05) is 65.7 Å². The van der Waals surface area contributed by atoms with Crippen molar-refractivity contribution in [3.05, 3.63) is 282 Å². The number of fused-ring (bicyclic) bond motifs is 3. The third-order valence-electron chi connectivity index (χ3n) is 15.6. The number of phenols is 3. The van der Waals surface area contributed by atoms with E-state index in [9.17, 15) is 48.5 Å². The van der Waals surface area contributed by atoms with E-state index in [-0.39, 0.29) is 46.9 Å². The van der Waals surface area contributed by atoms with E-state index in [0.29, 0.717) is 77.7 Å². The average molecular weight is 1400 g/mol. The Morgan fingerprint density at radius 3 is 0.929 bits per heavy atom. The van der Waals surface area contributed by atoms with Gasteiger partial charge in [0.2, 0.25) is 17.3 Å². The molecule has 498 valence electrons. The molecule has 0 radical (unpaired) electrons. The Hall–Kier alpha value is -11.5. The Bertz CT molecular complexity index is 4600. The normalized spacial score (nSPS) is 11.1. The van der Waals surface area contributed by atoms with Gasteiger partial charge in [-0.05, 0) is 214 Å². The van der Waals surface area contributed by atoms with Gasteiger partial charge in [0.25, 0.3) is 19.4 Å². The quantitative estimate of drug-likeness (QED) is 0.0264. The lowest BCUT2D eigenvalue weighted by Gasteiger charge is -2.11. The van der Waals surface area contributed by atoms with Crippen LogP contribution in [0.4, 0.5) is 4.39 Å². The van der Waals surface area contributed by atoms with Crippen molar-refractivity contribution < 1.29 is 76.9 Å². The SMILES string of the molecule is Cc1cc(C)c(C(=O)c2sc3cc(O)ccc3c2-c2ccc(O/C=C/OC=O)cc2)c(C)c1.Cc1cc(Cl)cc(C)c1C(=O)c1sc2cc(O)ccc2c1-c1ccc(O/C=C/OC=O)cc1.Cc1cc(F)cc(C)c1C(=O)c1sc2cc(O)ccc2c1-c1ccc(O/C=C/OC=O)cc1. The summed E-state index contributed by atoms with van der Waals surface area (Å²) < 4.78 is 45.8. The van der Waals surface area contributed by atoms with E-state index in [1.54, 1.807) is 105 Å². The van der Waals surface area contributed by atoms with Gasteiger partial charge in [-0.2, -0.15) is 0 Å². The number of benzene rings is 9. The minimum atomic E-state index is -0.383. The number of ether oxygens (including phenoxy) is 6. The number of halogens is 2. The molecule has 0 amide bonds. The van der Waals surface area contributed by atoms with Gasteiger partial charge >= 0.3 is 0 Å². The molecule has 0 aliphatic heterocycles. The molecule has 0 aliphatic carbocycles. The second-order valence-corrected chi connectivity index (χ2v) is 26.1. The monoisotopic (exact) mass is 1400 g/mol. The third-order valence-corrected chi connectivity index (χ3v) is 19.3. The number of phenolic OH excluding ortho intramolecular Hbond substituents is 3. The highest BCUT2D eigenvalue weighted by Gasteiger charge is 2.28. The zero-order valence-electron chi connectivity index (χ0n) is 54.0. The van der Waals surface area contributed by atoms with E-state index >= 15 is 0 Å². The molecule has 0 atom stereocenters. The molecule has 0 unspecified atom stereocenters. The molecule has 15 nitrogen and oxygen atoms in total. The predicted octanol–water partition coefficient (Wildman–Crippen LogP) is 19.5. The Balaban J connectivity index is 0.000000161. The molecule has 0 spiro atoms. The van der Waals surface area contributed by atoms with Crippen LogP contribution in [0.3, 0.4) is 0 Å². The van der Waals surface area contributed by atoms with E-state index in [1.807, 2.05) is 95.3 Å². The van der Waals surface area contributed by atoms with E-state index < -0.39 is 0 Å². The molecular formula is C79H60ClFO15S3. The summed E-state index contributed by atoms with van der Waals surface area (Å²) in [6.45, 7) is 14.0. The maximum Gasteiger partial charge on any atom is 0.298 e. The maximum absolute atomic E-state index is 13.8. The lowest BCUT2D eigenvalue weighted by atomic mass is 9.92. The highest BCUT2D eigenvalue weighted by atomic mass is 35.5.